The van der Waals surface area contributed by atoms with Gasteiger partial charge >= 0.3 is 0 Å². The maximum atomic E-state index is 12.4. The summed E-state index contributed by atoms with van der Waals surface area (Å²) in [5, 5.41) is 2.66. The minimum Gasteiger partial charge on any atom is -0.383 e. The molecule has 134 valence electrons. The summed E-state index contributed by atoms with van der Waals surface area (Å²) >= 11 is 1.15. The fraction of sp³-hybridized carbons (Fsp3) is 0.615. The number of hydrogen-bond donors (Lipinski definition) is 2. The van der Waals surface area contributed by atoms with Crippen molar-refractivity contribution < 1.29 is 17.9 Å². The van der Waals surface area contributed by atoms with Crippen LogP contribution in [0.1, 0.15) is 18.7 Å². The number of halogens is 1. The van der Waals surface area contributed by atoms with Crippen LogP contribution >= 0.6 is 23.7 Å². The largest absolute Gasteiger partial charge is 0.383 e. The summed E-state index contributed by atoms with van der Waals surface area (Å²) in [6.45, 7) is 4.83. The van der Waals surface area contributed by atoms with E-state index in [-0.39, 0.29) is 35.7 Å². The van der Waals surface area contributed by atoms with Gasteiger partial charge in [0.1, 0.15) is 10.3 Å². The highest BCUT2D eigenvalue weighted by molar-refractivity contribution is 7.91. The number of nitrogens with one attached hydrogen (secondary N) is 1. The highest BCUT2D eigenvalue weighted by atomic mass is 35.5. The van der Waals surface area contributed by atoms with Crippen molar-refractivity contribution in [1.82, 2.24) is 9.62 Å². The first kappa shape index (κ1) is 22.3. The molecule has 1 amide bonds. The van der Waals surface area contributed by atoms with Crippen molar-refractivity contribution in [2.75, 3.05) is 26.8 Å². The van der Waals surface area contributed by atoms with Gasteiger partial charge in [-0.05, 0) is 12.1 Å². The van der Waals surface area contributed by atoms with E-state index in [0.29, 0.717) is 13.1 Å². The molecule has 0 bridgehead atoms. The molecule has 1 unspecified atom stereocenters. The van der Waals surface area contributed by atoms with E-state index in [4.69, 9.17) is 10.5 Å². The SMILES string of the molecule is CCN(CC)S(=O)(=O)c1ccc(CNC(=O)C(N)COC)s1.Cl. The molecule has 0 aliphatic heterocycles. The van der Waals surface area contributed by atoms with Crippen molar-refractivity contribution >= 4 is 39.7 Å². The van der Waals surface area contributed by atoms with Crippen LogP contribution in [0.4, 0.5) is 0 Å². The third kappa shape index (κ3) is 6.02. The van der Waals surface area contributed by atoms with E-state index in [9.17, 15) is 13.2 Å². The number of amides is 1. The molecule has 7 nitrogen and oxygen atoms in total. The summed E-state index contributed by atoms with van der Waals surface area (Å²) in [5.74, 6) is -0.330. The Hall–Kier alpha value is -0.710. The molecule has 3 N–H and O–H groups in total. The first-order valence-electron chi connectivity index (χ1n) is 6.97. The second-order valence-electron chi connectivity index (χ2n) is 4.59. The molecular weight excluding hydrogens is 362 g/mol. The number of hydrogen-bond acceptors (Lipinski definition) is 6. The second kappa shape index (κ2) is 10.2. The zero-order valence-electron chi connectivity index (χ0n) is 13.4. The van der Waals surface area contributed by atoms with E-state index in [1.165, 1.54) is 11.4 Å². The predicted molar refractivity (Wildman–Crippen MR) is 93.4 cm³/mol. The molecule has 0 spiro atoms. The van der Waals surface area contributed by atoms with Gasteiger partial charge in [0.25, 0.3) is 10.0 Å². The molecule has 23 heavy (non-hydrogen) atoms. The monoisotopic (exact) mass is 385 g/mol. The van der Waals surface area contributed by atoms with Gasteiger partial charge in [-0.3, -0.25) is 4.79 Å². The first-order chi connectivity index (χ1) is 10.4. The van der Waals surface area contributed by atoms with Gasteiger partial charge in [0.2, 0.25) is 5.91 Å². The lowest BCUT2D eigenvalue weighted by Gasteiger charge is -2.16. The van der Waals surface area contributed by atoms with Gasteiger partial charge in [-0.1, -0.05) is 13.8 Å². The highest BCUT2D eigenvalue weighted by Gasteiger charge is 2.23. The second-order valence-corrected chi connectivity index (χ2v) is 7.92. The number of rotatable bonds is 9. The Kier molecular flexibility index (Phi) is 9.90. The van der Waals surface area contributed by atoms with Crippen molar-refractivity contribution in [2.45, 2.75) is 30.6 Å². The molecule has 0 aliphatic carbocycles. The van der Waals surface area contributed by atoms with Crippen molar-refractivity contribution in [2.24, 2.45) is 5.73 Å². The molecule has 0 radical (unpaired) electrons. The summed E-state index contributed by atoms with van der Waals surface area (Å²) < 4.78 is 31.2. The van der Waals surface area contributed by atoms with Crippen molar-refractivity contribution in [3.63, 3.8) is 0 Å². The Morgan fingerprint density at radius 1 is 1.39 bits per heavy atom. The fourth-order valence-corrected chi connectivity index (χ4v) is 4.75. The predicted octanol–water partition coefficient (Wildman–Crippen LogP) is 0.790. The molecule has 0 aliphatic rings. The molecule has 1 atom stereocenters. The van der Waals surface area contributed by atoms with Gasteiger partial charge in [0.15, 0.2) is 0 Å². The van der Waals surface area contributed by atoms with E-state index < -0.39 is 16.1 Å². The Morgan fingerprint density at radius 3 is 2.52 bits per heavy atom. The standard InChI is InChI=1S/C13H23N3O4S2.ClH/c1-4-16(5-2)22(18,19)12-7-6-10(21-12)8-15-13(17)11(14)9-20-3;/h6-7,11H,4-5,8-9,14H2,1-3H3,(H,15,17);1H. The normalized spacial score (nSPS) is 12.7. The van der Waals surface area contributed by atoms with Crippen LogP contribution in [-0.4, -0.2) is 51.5 Å². The van der Waals surface area contributed by atoms with Crippen LogP contribution in [0.15, 0.2) is 16.3 Å². The fourth-order valence-electron chi connectivity index (χ4n) is 1.84. The molecule has 10 heteroatoms. The average Bonchev–Trinajstić information content (AvgIpc) is 2.95. The third-order valence-electron chi connectivity index (χ3n) is 3.06. The molecule has 0 fully saturated rings. The van der Waals surface area contributed by atoms with E-state index in [1.807, 2.05) is 0 Å². The van der Waals surface area contributed by atoms with Crippen LogP contribution in [0.2, 0.25) is 0 Å². The van der Waals surface area contributed by atoms with Crippen molar-refractivity contribution in [3.8, 4) is 0 Å². The van der Waals surface area contributed by atoms with Crippen LogP contribution < -0.4 is 11.1 Å². The lowest BCUT2D eigenvalue weighted by atomic mass is 10.3. The Morgan fingerprint density at radius 2 is 2.00 bits per heavy atom. The zero-order chi connectivity index (χ0) is 16.8. The summed E-state index contributed by atoms with van der Waals surface area (Å²) in [6, 6.07) is 2.53. The molecular formula is C13H24ClN3O4S2. The van der Waals surface area contributed by atoms with Crippen LogP contribution in [0.3, 0.4) is 0 Å². The maximum Gasteiger partial charge on any atom is 0.252 e. The highest BCUT2D eigenvalue weighted by Crippen LogP contribution is 2.24. The molecule has 1 rings (SSSR count). The number of ether oxygens (including phenoxy) is 1. The van der Waals surface area contributed by atoms with E-state index >= 15 is 0 Å². The maximum absolute atomic E-state index is 12.4. The summed E-state index contributed by atoms with van der Waals surface area (Å²) in [5.41, 5.74) is 5.61. The quantitative estimate of drug-likeness (QED) is 0.654. The minimum atomic E-state index is -3.45. The molecule has 1 heterocycles. The smallest absolute Gasteiger partial charge is 0.252 e. The van der Waals surface area contributed by atoms with Crippen LogP contribution in [0, 0.1) is 0 Å². The van der Waals surface area contributed by atoms with E-state index in [1.54, 1.807) is 26.0 Å². The van der Waals surface area contributed by atoms with E-state index in [0.717, 1.165) is 16.2 Å². The van der Waals surface area contributed by atoms with Gasteiger partial charge in [0.05, 0.1) is 13.2 Å². The summed E-state index contributed by atoms with van der Waals surface area (Å²) in [6.07, 6.45) is 0. The topological polar surface area (TPSA) is 102 Å². The lowest BCUT2D eigenvalue weighted by Crippen LogP contribution is -2.43. The van der Waals surface area contributed by atoms with Gasteiger partial charge in [0, 0.05) is 25.1 Å². The average molecular weight is 386 g/mol. The first-order valence-corrected chi connectivity index (χ1v) is 9.23. The van der Waals surface area contributed by atoms with Crippen molar-refractivity contribution in [1.29, 1.82) is 0 Å². The minimum absolute atomic E-state index is 0. The van der Waals surface area contributed by atoms with Gasteiger partial charge < -0.3 is 15.8 Å². The number of thiophene rings is 1. The molecule has 1 aromatic heterocycles. The Balaban J connectivity index is 0.00000484. The van der Waals surface area contributed by atoms with Gasteiger partial charge in [-0.2, -0.15) is 4.31 Å². The number of nitrogens with two attached hydrogens (primary N) is 1. The summed E-state index contributed by atoms with van der Waals surface area (Å²) in [4.78, 5) is 12.4. The van der Waals surface area contributed by atoms with E-state index in [2.05, 4.69) is 5.32 Å². The molecule has 0 saturated carbocycles. The van der Waals surface area contributed by atoms with Gasteiger partial charge in [-0.15, -0.1) is 23.7 Å². The number of sulfonamides is 1. The number of nitrogens with zero attached hydrogens (tertiary/aromatic N) is 1. The molecule has 0 saturated heterocycles. The Bertz CT molecular complexity index is 588. The van der Waals surface area contributed by atoms with Crippen LogP contribution in [0.25, 0.3) is 0 Å². The Labute approximate surface area is 147 Å². The number of carbonyl (C=O) groups is 1. The third-order valence-corrected chi connectivity index (χ3v) is 6.66. The van der Waals surface area contributed by atoms with Crippen LogP contribution in [-0.2, 0) is 26.1 Å². The summed E-state index contributed by atoms with van der Waals surface area (Å²) in [7, 11) is -1.98. The molecule has 0 aromatic carbocycles. The number of methoxy groups -OCH3 is 1. The van der Waals surface area contributed by atoms with Crippen LogP contribution in [0.5, 0.6) is 0 Å². The lowest BCUT2D eigenvalue weighted by molar-refractivity contribution is -0.123. The molecule has 1 aromatic rings. The zero-order valence-corrected chi connectivity index (χ0v) is 15.9. The van der Waals surface area contributed by atoms with Crippen molar-refractivity contribution in [3.05, 3.63) is 17.0 Å². The van der Waals surface area contributed by atoms with Gasteiger partial charge in [-0.25, -0.2) is 8.42 Å². The number of carbonyl (C=O) groups excluding carboxylic acids is 1.